The van der Waals surface area contributed by atoms with Gasteiger partial charge in [-0.25, -0.2) is 4.99 Å². The average molecular weight is 600 g/mol. The zero-order valence-electron chi connectivity index (χ0n) is 21.7. The van der Waals surface area contributed by atoms with Crippen LogP contribution >= 0.6 is 27.3 Å². The first-order valence-electron chi connectivity index (χ1n) is 12.8. The molecule has 0 amide bonds. The minimum Gasteiger partial charge on any atom is -0.497 e. The molecule has 7 heteroatoms. The van der Waals surface area contributed by atoms with Gasteiger partial charge in [-0.15, -0.1) is 0 Å². The molecule has 0 radical (unpaired) electrons. The number of fused-ring (bicyclic) bond motifs is 1. The van der Waals surface area contributed by atoms with Crippen LogP contribution in [0.1, 0.15) is 42.0 Å². The van der Waals surface area contributed by atoms with Crippen molar-refractivity contribution in [2.75, 3.05) is 14.2 Å². The van der Waals surface area contributed by atoms with Gasteiger partial charge >= 0.3 is 0 Å². The second kappa shape index (κ2) is 10.8. The number of ether oxygens (including phenoxy) is 2. The Balaban J connectivity index is 1.55. The quantitative estimate of drug-likeness (QED) is 0.272. The van der Waals surface area contributed by atoms with Gasteiger partial charge in [0.25, 0.3) is 5.56 Å². The number of thiazole rings is 1. The summed E-state index contributed by atoms with van der Waals surface area (Å²) in [7, 11) is 3.34. The number of benzene rings is 3. The fourth-order valence-corrected chi connectivity index (χ4v) is 6.71. The standard InChI is InChI=1S/C32H27BrN2O3S/c1-37-25-13-9-20(10-14-25)17-23-6-4-8-27-29(23)34-32-35(30(27)22-11-15-26(38-2)16-12-22)31(36)28(39-32)19-21-5-3-7-24(33)18-21/h3,5,7,9-19,30H,4,6,8H2,1-2H3/b23-17+,28-19+. The maximum atomic E-state index is 13.9. The first-order chi connectivity index (χ1) is 19.0. The van der Waals surface area contributed by atoms with Gasteiger partial charge in [-0.1, -0.05) is 63.7 Å². The van der Waals surface area contributed by atoms with Gasteiger partial charge in [0.05, 0.1) is 30.5 Å². The molecule has 0 fully saturated rings. The Morgan fingerprint density at radius 1 is 0.923 bits per heavy atom. The van der Waals surface area contributed by atoms with Crippen molar-refractivity contribution < 1.29 is 9.47 Å². The molecule has 0 saturated carbocycles. The lowest BCUT2D eigenvalue weighted by Crippen LogP contribution is -2.39. The normalized spacial score (nSPS) is 18.0. The number of halogens is 1. The van der Waals surface area contributed by atoms with E-state index in [2.05, 4.69) is 46.3 Å². The van der Waals surface area contributed by atoms with Gasteiger partial charge in [0.2, 0.25) is 0 Å². The number of aromatic nitrogens is 1. The summed E-state index contributed by atoms with van der Waals surface area (Å²) in [5.74, 6) is 1.62. The molecule has 1 atom stereocenters. The van der Waals surface area contributed by atoms with Gasteiger partial charge in [0, 0.05) is 4.47 Å². The molecule has 3 aromatic carbocycles. The molecule has 6 rings (SSSR count). The highest BCUT2D eigenvalue weighted by Crippen LogP contribution is 2.41. The van der Waals surface area contributed by atoms with E-state index in [0.29, 0.717) is 4.53 Å². The number of hydrogen-bond acceptors (Lipinski definition) is 5. The molecule has 0 saturated heterocycles. The van der Waals surface area contributed by atoms with E-state index >= 15 is 0 Å². The van der Waals surface area contributed by atoms with E-state index < -0.39 is 0 Å². The lowest BCUT2D eigenvalue weighted by atomic mass is 9.84. The minimum absolute atomic E-state index is 0.0163. The lowest BCUT2D eigenvalue weighted by molar-refractivity contribution is 0.414. The Labute approximate surface area is 239 Å². The highest BCUT2D eigenvalue weighted by atomic mass is 79.9. The molecule has 1 aliphatic carbocycles. The SMILES string of the molecule is COc1ccc(/C=C2\CCCC3=C2N=c2s/c(=C/c4cccc(Br)c4)c(=O)n2C3c2ccc(OC)cc2)cc1. The van der Waals surface area contributed by atoms with Crippen molar-refractivity contribution in [2.45, 2.75) is 25.3 Å². The second-order valence-corrected chi connectivity index (χ2v) is 11.5. The maximum absolute atomic E-state index is 13.9. The predicted molar refractivity (Wildman–Crippen MR) is 160 cm³/mol. The largest absolute Gasteiger partial charge is 0.497 e. The van der Waals surface area contributed by atoms with Gasteiger partial charge in [-0.2, -0.15) is 0 Å². The van der Waals surface area contributed by atoms with Crippen LogP contribution in [-0.4, -0.2) is 18.8 Å². The van der Waals surface area contributed by atoms with E-state index in [1.165, 1.54) is 22.5 Å². The summed E-state index contributed by atoms with van der Waals surface area (Å²) in [6, 6.07) is 23.9. The highest BCUT2D eigenvalue weighted by Gasteiger charge is 2.32. The van der Waals surface area contributed by atoms with Crippen LogP contribution in [0.15, 0.2) is 104 Å². The number of allylic oxidation sites excluding steroid dienone is 2. The molecule has 1 unspecified atom stereocenters. The van der Waals surface area contributed by atoms with E-state index in [1.54, 1.807) is 14.2 Å². The molecule has 1 aromatic heterocycles. The van der Waals surface area contributed by atoms with E-state index in [9.17, 15) is 4.79 Å². The summed E-state index contributed by atoms with van der Waals surface area (Å²) in [6.45, 7) is 0. The van der Waals surface area contributed by atoms with E-state index in [1.807, 2.05) is 59.2 Å². The molecule has 0 spiro atoms. The maximum Gasteiger partial charge on any atom is 0.271 e. The fourth-order valence-electron chi connectivity index (χ4n) is 5.29. The third-order valence-corrected chi connectivity index (χ3v) is 8.64. The molecule has 2 aliphatic rings. The van der Waals surface area contributed by atoms with Crippen LogP contribution in [0.3, 0.4) is 0 Å². The van der Waals surface area contributed by atoms with Crippen molar-refractivity contribution in [1.82, 2.24) is 4.57 Å². The molecule has 39 heavy (non-hydrogen) atoms. The number of nitrogens with zero attached hydrogens (tertiary/aromatic N) is 2. The third-order valence-electron chi connectivity index (χ3n) is 7.17. The second-order valence-electron chi connectivity index (χ2n) is 9.58. The zero-order chi connectivity index (χ0) is 26.9. The van der Waals surface area contributed by atoms with E-state index in [0.717, 1.165) is 62.4 Å². The molecule has 1 aliphatic heterocycles. The van der Waals surface area contributed by atoms with Crippen molar-refractivity contribution in [3.63, 3.8) is 0 Å². The minimum atomic E-state index is -0.216. The van der Waals surface area contributed by atoms with Crippen LogP contribution in [0.25, 0.3) is 12.2 Å². The molecule has 4 aromatic rings. The first kappa shape index (κ1) is 25.6. The first-order valence-corrected chi connectivity index (χ1v) is 14.4. The van der Waals surface area contributed by atoms with Crippen LogP contribution in [0.5, 0.6) is 11.5 Å². The van der Waals surface area contributed by atoms with Crippen LogP contribution in [0.2, 0.25) is 0 Å². The predicted octanol–water partition coefficient (Wildman–Crippen LogP) is 6.26. The van der Waals surface area contributed by atoms with Crippen LogP contribution in [0.4, 0.5) is 0 Å². The molecular formula is C32H27BrN2O3S. The molecule has 196 valence electrons. The number of hydrogen-bond donors (Lipinski definition) is 0. The summed E-state index contributed by atoms with van der Waals surface area (Å²) >= 11 is 4.99. The molecule has 0 N–H and O–H groups in total. The van der Waals surface area contributed by atoms with Crippen molar-refractivity contribution in [2.24, 2.45) is 4.99 Å². The van der Waals surface area contributed by atoms with Gasteiger partial charge < -0.3 is 9.47 Å². The van der Waals surface area contributed by atoms with Crippen molar-refractivity contribution in [3.8, 4) is 11.5 Å². The topological polar surface area (TPSA) is 52.8 Å². The zero-order valence-corrected chi connectivity index (χ0v) is 24.1. The summed E-state index contributed by atoms with van der Waals surface area (Å²) in [4.78, 5) is 19.8. The van der Waals surface area contributed by atoms with Crippen molar-refractivity contribution in [1.29, 1.82) is 0 Å². The van der Waals surface area contributed by atoms with Gasteiger partial charge in [0.1, 0.15) is 11.5 Å². The Morgan fingerprint density at radius 2 is 1.64 bits per heavy atom. The highest BCUT2D eigenvalue weighted by molar-refractivity contribution is 9.10. The Kier molecular flexibility index (Phi) is 7.11. The van der Waals surface area contributed by atoms with E-state index in [-0.39, 0.29) is 11.6 Å². The Hall–Kier alpha value is -3.68. The average Bonchev–Trinajstić information content (AvgIpc) is 3.27. The fraction of sp³-hybridized carbons (Fsp3) is 0.188. The summed E-state index contributed by atoms with van der Waals surface area (Å²) in [6.07, 6.45) is 7.02. The number of rotatable bonds is 5. The summed E-state index contributed by atoms with van der Waals surface area (Å²) in [5.41, 5.74) is 6.51. The molecule has 0 bridgehead atoms. The third kappa shape index (κ3) is 5.04. The van der Waals surface area contributed by atoms with Crippen molar-refractivity contribution >= 4 is 39.4 Å². The van der Waals surface area contributed by atoms with Crippen LogP contribution < -0.4 is 24.4 Å². The van der Waals surface area contributed by atoms with Gasteiger partial charge in [0.15, 0.2) is 4.80 Å². The van der Waals surface area contributed by atoms with Gasteiger partial charge in [-0.05, 0) is 95.6 Å². The van der Waals surface area contributed by atoms with Crippen molar-refractivity contribution in [3.05, 3.63) is 130 Å². The lowest BCUT2D eigenvalue weighted by Gasteiger charge is -2.31. The summed E-state index contributed by atoms with van der Waals surface area (Å²) < 4.78 is 14.3. The Bertz CT molecular complexity index is 1780. The van der Waals surface area contributed by atoms with E-state index in [4.69, 9.17) is 14.5 Å². The van der Waals surface area contributed by atoms with Crippen LogP contribution in [0, 0.1) is 0 Å². The monoisotopic (exact) mass is 598 g/mol. The van der Waals surface area contributed by atoms with Gasteiger partial charge in [-0.3, -0.25) is 9.36 Å². The molecular weight excluding hydrogens is 572 g/mol. The van der Waals surface area contributed by atoms with Crippen LogP contribution in [-0.2, 0) is 0 Å². The smallest absolute Gasteiger partial charge is 0.271 e. The molecule has 5 nitrogen and oxygen atoms in total. The number of methoxy groups -OCH3 is 2. The Morgan fingerprint density at radius 3 is 2.33 bits per heavy atom. The summed E-state index contributed by atoms with van der Waals surface area (Å²) in [5, 5.41) is 0. The molecule has 2 heterocycles.